The summed E-state index contributed by atoms with van der Waals surface area (Å²) < 4.78 is 0. The van der Waals surface area contributed by atoms with E-state index in [1.807, 2.05) is 11.0 Å². The van der Waals surface area contributed by atoms with Gasteiger partial charge in [-0.05, 0) is 57.9 Å². The Morgan fingerprint density at radius 2 is 1.96 bits per heavy atom. The molecule has 0 aromatic heterocycles. The second-order valence-corrected chi connectivity index (χ2v) is 7.48. The van der Waals surface area contributed by atoms with Crippen LogP contribution < -0.4 is 5.32 Å². The van der Waals surface area contributed by atoms with E-state index in [4.69, 9.17) is 0 Å². The smallest absolute Gasteiger partial charge is 0.243 e. The Morgan fingerprint density at radius 1 is 1.17 bits per heavy atom. The molecule has 1 aliphatic heterocycles. The van der Waals surface area contributed by atoms with Gasteiger partial charge in [0.05, 0.1) is 0 Å². The summed E-state index contributed by atoms with van der Waals surface area (Å²) in [6.07, 6.45) is 11.1. The summed E-state index contributed by atoms with van der Waals surface area (Å²) >= 11 is 0. The third-order valence-corrected chi connectivity index (χ3v) is 5.33. The number of hydrogen-bond donors (Lipinski definition) is 1. The molecule has 3 rings (SSSR count). The lowest BCUT2D eigenvalue weighted by atomic mass is 10.2. The van der Waals surface area contributed by atoms with Crippen LogP contribution in [0.25, 0.3) is 0 Å². The lowest BCUT2D eigenvalue weighted by Crippen LogP contribution is -2.47. The minimum atomic E-state index is -0.228. The largest absolute Gasteiger partial charge is 0.352 e. The van der Waals surface area contributed by atoms with Crippen LogP contribution in [0.1, 0.15) is 57.8 Å². The van der Waals surface area contributed by atoms with Crippen molar-refractivity contribution in [2.24, 2.45) is 0 Å². The van der Waals surface area contributed by atoms with Gasteiger partial charge < -0.3 is 10.2 Å². The number of nitrogens with one attached hydrogen (secondary N) is 1. The molecule has 5 heteroatoms. The number of hydrogen-bond acceptors (Lipinski definition) is 3. The van der Waals surface area contributed by atoms with Gasteiger partial charge in [-0.15, -0.1) is 6.58 Å². The van der Waals surface area contributed by atoms with Crippen molar-refractivity contribution in [2.75, 3.05) is 19.6 Å². The van der Waals surface area contributed by atoms with Gasteiger partial charge in [0.2, 0.25) is 11.8 Å². The van der Waals surface area contributed by atoms with Gasteiger partial charge in [-0.1, -0.05) is 6.08 Å². The Kier molecular flexibility index (Phi) is 5.93. The number of rotatable bonds is 10. The fourth-order valence-corrected chi connectivity index (χ4v) is 3.60. The molecule has 5 nitrogen and oxygen atoms in total. The normalized spacial score (nSPS) is 23.5. The zero-order valence-electron chi connectivity index (χ0n) is 14.7. The van der Waals surface area contributed by atoms with Crippen molar-refractivity contribution in [1.82, 2.24) is 15.1 Å². The van der Waals surface area contributed by atoms with Gasteiger partial charge in [0.1, 0.15) is 6.04 Å². The fraction of sp³-hybridized carbons (Fsp3) is 0.789. The van der Waals surface area contributed by atoms with E-state index in [0.29, 0.717) is 18.5 Å². The summed E-state index contributed by atoms with van der Waals surface area (Å²) in [5, 5.41) is 3.06. The highest BCUT2D eigenvalue weighted by atomic mass is 16.2. The molecule has 2 amide bonds. The number of carbonyl (C=O) groups excluding carboxylic acids is 2. The van der Waals surface area contributed by atoms with Crippen LogP contribution in [0.2, 0.25) is 0 Å². The van der Waals surface area contributed by atoms with Crippen molar-refractivity contribution in [3.8, 4) is 0 Å². The highest BCUT2D eigenvalue weighted by Crippen LogP contribution is 2.28. The average molecular weight is 333 g/mol. The van der Waals surface area contributed by atoms with Crippen LogP contribution >= 0.6 is 0 Å². The van der Waals surface area contributed by atoms with Crippen LogP contribution in [0.3, 0.4) is 0 Å². The summed E-state index contributed by atoms with van der Waals surface area (Å²) in [6.45, 7) is 6.39. The lowest BCUT2D eigenvalue weighted by molar-refractivity contribution is -0.138. The van der Waals surface area contributed by atoms with Crippen LogP contribution in [-0.2, 0) is 9.59 Å². The van der Waals surface area contributed by atoms with E-state index in [0.717, 1.165) is 58.2 Å². The molecule has 1 N–H and O–H groups in total. The first kappa shape index (κ1) is 17.5. The third kappa shape index (κ3) is 4.82. The molecule has 0 aromatic carbocycles. The maximum atomic E-state index is 12.6. The van der Waals surface area contributed by atoms with E-state index in [-0.39, 0.29) is 17.9 Å². The Morgan fingerprint density at radius 3 is 2.62 bits per heavy atom. The molecular weight excluding hydrogens is 302 g/mol. The molecule has 3 fully saturated rings. The van der Waals surface area contributed by atoms with Crippen molar-refractivity contribution in [2.45, 2.75) is 75.9 Å². The lowest BCUT2D eigenvalue weighted by Gasteiger charge is -2.26. The Balaban J connectivity index is 1.45. The number of nitrogens with zero attached hydrogens (tertiary/aromatic N) is 2. The predicted octanol–water partition coefficient (Wildman–Crippen LogP) is 2.08. The van der Waals surface area contributed by atoms with Crippen molar-refractivity contribution in [3.05, 3.63) is 12.7 Å². The first-order valence-electron chi connectivity index (χ1n) is 9.64. The van der Waals surface area contributed by atoms with E-state index in [1.165, 1.54) is 12.8 Å². The number of amides is 2. The molecule has 1 heterocycles. The van der Waals surface area contributed by atoms with Crippen LogP contribution in [0.4, 0.5) is 0 Å². The fourth-order valence-electron chi connectivity index (χ4n) is 3.60. The Bertz CT molecular complexity index is 471. The monoisotopic (exact) mass is 333 g/mol. The van der Waals surface area contributed by atoms with Gasteiger partial charge in [-0.2, -0.15) is 0 Å². The van der Waals surface area contributed by atoms with E-state index < -0.39 is 0 Å². The van der Waals surface area contributed by atoms with E-state index in [2.05, 4.69) is 16.8 Å². The molecule has 3 aliphatic rings. The Labute approximate surface area is 145 Å². The molecule has 24 heavy (non-hydrogen) atoms. The summed E-state index contributed by atoms with van der Waals surface area (Å²) in [7, 11) is 0. The number of unbranched alkanes of at least 4 members (excludes halogenated alkanes) is 1. The van der Waals surface area contributed by atoms with Gasteiger partial charge >= 0.3 is 0 Å². The summed E-state index contributed by atoms with van der Waals surface area (Å²) in [5.74, 6) is 0.214. The van der Waals surface area contributed by atoms with E-state index >= 15 is 0 Å². The third-order valence-electron chi connectivity index (χ3n) is 5.33. The molecule has 1 atom stereocenters. The topological polar surface area (TPSA) is 52.7 Å². The van der Waals surface area contributed by atoms with Crippen molar-refractivity contribution < 1.29 is 9.59 Å². The number of allylic oxidation sites excluding steroid dienone is 1. The van der Waals surface area contributed by atoms with Crippen LogP contribution in [-0.4, -0.2) is 59.4 Å². The standard InChI is InChI=1S/C19H31N3O2/c1-2-3-4-12-21(16-9-10-16)14-11-18(23)22-13-5-6-17(22)19(24)20-15-7-8-15/h2,15-17H,1,3-14H2,(H,20,24). The van der Waals surface area contributed by atoms with E-state index in [1.54, 1.807) is 0 Å². The zero-order chi connectivity index (χ0) is 16.9. The van der Waals surface area contributed by atoms with Crippen LogP contribution in [0, 0.1) is 0 Å². The molecule has 0 radical (unpaired) electrons. The van der Waals surface area contributed by atoms with Crippen LogP contribution in [0.5, 0.6) is 0 Å². The van der Waals surface area contributed by atoms with E-state index in [9.17, 15) is 9.59 Å². The molecule has 2 saturated carbocycles. The molecule has 0 aromatic rings. The quantitative estimate of drug-likeness (QED) is 0.492. The summed E-state index contributed by atoms with van der Waals surface area (Å²) in [6, 6.07) is 0.814. The van der Waals surface area contributed by atoms with Crippen molar-refractivity contribution in [1.29, 1.82) is 0 Å². The number of likely N-dealkylation sites (tertiary alicyclic amines) is 1. The molecular formula is C19H31N3O2. The molecule has 134 valence electrons. The summed E-state index contributed by atoms with van der Waals surface area (Å²) in [4.78, 5) is 29.2. The van der Waals surface area contributed by atoms with Crippen LogP contribution in [0.15, 0.2) is 12.7 Å². The molecule has 1 saturated heterocycles. The Hall–Kier alpha value is -1.36. The minimum Gasteiger partial charge on any atom is -0.352 e. The maximum absolute atomic E-state index is 12.6. The second kappa shape index (κ2) is 8.15. The maximum Gasteiger partial charge on any atom is 0.243 e. The van der Waals surface area contributed by atoms with Gasteiger partial charge in [-0.3, -0.25) is 14.5 Å². The van der Waals surface area contributed by atoms with Gasteiger partial charge in [0, 0.05) is 31.6 Å². The molecule has 0 bridgehead atoms. The van der Waals surface area contributed by atoms with Crippen molar-refractivity contribution in [3.63, 3.8) is 0 Å². The number of carbonyl (C=O) groups is 2. The molecule has 1 unspecified atom stereocenters. The highest BCUT2D eigenvalue weighted by Gasteiger charge is 2.36. The minimum absolute atomic E-state index is 0.0633. The molecule has 0 spiro atoms. The molecule has 2 aliphatic carbocycles. The summed E-state index contributed by atoms with van der Waals surface area (Å²) in [5.41, 5.74) is 0. The van der Waals surface area contributed by atoms with Gasteiger partial charge in [-0.25, -0.2) is 0 Å². The first-order chi connectivity index (χ1) is 11.7. The first-order valence-corrected chi connectivity index (χ1v) is 9.64. The predicted molar refractivity (Wildman–Crippen MR) is 94.5 cm³/mol. The van der Waals surface area contributed by atoms with Gasteiger partial charge in [0.15, 0.2) is 0 Å². The SMILES string of the molecule is C=CCCCN(CCC(=O)N1CCCC1C(=O)NC1CC1)C1CC1. The van der Waals surface area contributed by atoms with Crippen molar-refractivity contribution >= 4 is 11.8 Å². The zero-order valence-corrected chi connectivity index (χ0v) is 14.7. The highest BCUT2D eigenvalue weighted by molar-refractivity contribution is 5.88. The average Bonchev–Trinajstić information content (AvgIpc) is 3.50. The van der Waals surface area contributed by atoms with Gasteiger partial charge in [0.25, 0.3) is 0 Å². The second-order valence-electron chi connectivity index (χ2n) is 7.48.